The summed E-state index contributed by atoms with van der Waals surface area (Å²) in [4.78, 5) is 2.35. The zero-order valence-corrected chi connectivity index (χ0v) is 18.5. The van der Waals surface area contributed by atoms with Crippen molar-refractivity contribution < 1.29 is 16.8 Å². The van der Waals surface area contributed by atoms with Gasteiger partial charge in [-0.2, -0.15) is 0 Å². The van der Waals surface area contributed by atoms with E-state index >= 15 is 0 Å². The average molecular weight is 434 g/mol. The summed E-state index contributed by atoms with van der Waals surface area (Å²) in [5, 5.41) is 0. The van der Waals surface area contributed by atoms with Gasteiger partial charge in [-0.3, -0.25) is 0 Å². The van der Waals surface area contributed by atoms with E-state index in [2.05, 4.69) is 29.2 Å². The van der Waals surface area contributed by atoms with E-state index in [1.165, 1.54) is 23.3 Å². The van der Waals surface area contributed by atoms with Crippen LogP contribution < -0.4 is 4.90 Å². The third-order valence-corrected chi connectivity index (χ3v) is 8.48. The van der Waals surface area contributed by atoms with E-state index in [0.717, 1.165) is 51.2 Å². The molecule has 1 saturated heterocycles. The molecule has 1 aliphatic heterocycles. The number of nitrogens with zero attached hydrogens (tertiary/aromatic N) is 1. The van der Waals surface area contributed by atoms with Crippen molar-refractivity contribution in [3.8, 4) is 0 Å². The molecule has 0 aromatic heterocycles. The lowest BCUT2D eigenvalue weighted by Crippen LogP contribution is -2.36. The maximum Gasteiger partial charge on any atom is 0.177 e. The Morgan fingerprint density at radius 3 is 2.38 bits per heavy atom. The fourth-order valence-corrected chi connectivity index (χ4v) is 6.59. The maximum atomic E-state index is 12.5. The third-order valence-electron chi connectivity index (χ3n) is 6.25. The molecule has 2 aliphatic rings. The first kappa shape index (κ1) is 20.4. The van der Waals surface area contributed by atoms with Gasteiger partial charge in [0.1, 0.15) is 0 Å². The predicted octanol–water partition coefficient (Wildman–Crippen LogP) is 3.58. The van der Waals surface area contributed by atoms with E-state index < -0.39 is 19.7 Å². The summed E-state index contributed by atoms with van der Waals surface area (Å²) in [6.07, 6.45) is 7.59. The number of rotatable bonds is 4. The van der Waals surface area contributed by atoms with E-state index in [-0.39, 0.29) is 15.8 Å². The molecule has 4 rings (SSSR count). The van der Waals surface area contributed by atoms with E-state index in [1.54, 1.807) is 6.07 Å². The van der Waals surface area contributed by atoms with Crippen molar-refractivity contribution >= 4 is 25.4 Å². The minimum Gasteiger partial charge on any atom is -0.367 e. The standard InChI is InChI=1S/C22H27NO4S2/c1-28(24,25)17-12-13-21(22(15-17)29(2,26)27)23-14-6-11-20(23)19-10-5-8-16-7-3-4-9-18(16)19/h3-4,7,9,12-13,15,19-20H,5-6,8,10-11,14H2,1-2H3. The molecule has 0 spiro atoms. The van der Waals surface area contributed by atoms with Crippen LogP contribution in [-0.2, 0) is 26.1 Å². The van der Waals surface area contributed by atoms with Crippen LogP contribution in [0.25, 0.3) is 0 Å². The molecule has 0 amide bonds. The smallest absolute Gasteiger partial charge is 0.177 e. The summed E-state index contributed by atoms with van der Waals surface area (Å²) < 4.78 is 49.1. The lowest BCUT2D eigenvalue weighted by molar-refractivity contribution is 0.460. The van der Waals surface area contributed by atoms with Crippen LogP contribution in [0.5, 0.6) is 0 Å². The molecule has 0 saturated carbocycles. The van der Waals surface area contributed by atoms with Gasteiger partial charge in [0, 0.05) is 31.0 Å². The van der Waals surface area contributed by atoms with Crippen molar-refractivity contribution in [1.29, 1.82) is 0 Å². The molecule has 1 heterocycles. The lowest BCUT2D eigenvalue weighted by Gasteiger charge is -2.37. The van der Waals surface area contributed by atoms with Gasteiger partial charge in [0.25, 0.3) is 0 Å². The highest BCUT2D eigenvalue weighted by Gasteiger charge is 2.36. The number of anilines is 1. The van der Waals surface area contributed by atoms with Gasteiger partial charge in [0.15, 0.2) is 19.7 Å². The Balaban J connectivity index is 1.79. The molecule has 5 nitrogen and oxygen atoms in total. The van der Waals surface area contributed by atoms with Crippen LogP contribution in [0.1, 0.15) is 42.7 Å². The van der Waals surface area contributed by atoms with Crippen molar-refractivity contribution in [3.05, 3.63) is 53.6 Å². The summed E-state index contributed by atoms with van der Waals surface area (Å²) in [6, 6.07) is 13.3. The van der Waals surface area contributed by atoms with Crippen LogP contribution >= 0.6 is 0 Å². The van der Waals surface area contributed by atoms with Crippen LogP contribution in [0.4, 0.5) is 5.69 Å². The molecule has 0 radical (unpaired) electrons. The Bertz CT molecular complexity index is 1140. The van der Waals surface area contributed by atoms with Gasteiger partial charge >= 0.3 is 0 Å². The zero-order valence-electron chi connectivity index (χ0n) is 16.8. The molecule has 1 aliphatic carbocycles. The Hall–Kier alpha value is -1.86. The van der Waals surface area contributed by atoms with Crippen molar-refractivity contribution in [2.75, 3.05) is 24.0 Å². The van der Waals surface area contributed by atoms with Crippen molar-refractivity contribution in [2.45, 2.75) is 53.9 Å². The molecule has 2 aromatic rings. The molecule has 0 bridgehead atoms. The molecular formula is C22H27NO4S2. The van der Waals surface area contributed by atoms with Crippen molar-refractivity contribution in [2.24, 2.45) is 0 Å². The second kappa shape index (κ2) is 7.43. The van der Waals surface area contributed by atoms with Crippen molar-refractivity contribution in [3.63, 3.8) is 0 Å². The molecule has 0 N–H and O–H groups in total. The monoisotopic (exact) mass is 433 g/mol. The first-order valence-electron chi connectivity index (χ1n) is 10.0. The molecular weight excluding hydrogens is 406 g/mol. The highest BCUT2D eigenvalue weighted by atomic mass is 32.2. The molecule has 7 heteroatoms. The maximum absolute atomic E-state index is 12.5. The summed E-state index contributed by atoms with van der Waals surface area (Å²) in [5.41, 5.74) is 3.40. The normalized spacial score (nSPS) is 22.5. The number of sulfone groups is 2. The van der Waals surface area contributed by atoms with Gasteiger partial charge in [0.05, 0.1) is 15.5 Å². The molecule has 2 unspecified atom stereocenters. The highest BCUT2D eigenvalue weighted by molar-refractivity contribution is 7.91. The van der Waals surface area contributed by atoms with E-state index in [4.69, 9.17) is 0 Å². The van der Waals surface area contributed by atoms with Crippen LogP contribution in [0, 0.1) is 0 Å². The van der Waals surface area contributed by atoms with Gasteiger partial charge in [-0.25, -0.2) is 16.8 Å². The van der Waals surface area contributed by atoms with Crippen LogP contribution in [-0.4, -0.2) is 41.9 Å². The molecule has 1 fully saturated rings. The molecule has 29 heavy (non-hydrogen) atoms. The quantitative estimate of drug-likeness (QED) is 0.737. The van der Waals surface area contributed by atoms with Gasteiger partial charge in [0.2, 0.25) is 0 Å². The first-order chi connectivity index (χ1) is 13.7. The summed E-state index contributed by atoms with van der Waals surface area (Å²) in [6.45, 7) is 0.782. The van der Waals surface area contributed by atoms with Gasteiger partial charge in [-0.15, -0.1) is 0 Å². The highest BCUT2D eigenvalue weighted by Crippen LogP contribution is 2.43. The van der Waals surface area contributed by atoms with Gasteiger partial charge in [-0.05, 0) is 61.4 Å². The van der Waals surface area contributed by atoms with Crippen LogP contribution in [0.2, 0.25) is 0 Å². The summed E-state index contributed by atoms with van der Waals surface area (Å²) >= 11 is 0. The second-order valence-electron chi connectivity index (χ2n) is 8.27. The SMILES string of the molecule is CS(=O)(=O)c1ccc(N2CCCC2C2CCCc3ccccc32)c(S(C)(=O)=O)c1. The van der Waals surface area contributed by atoms with Crippen LogP contribution in [0.3, 0.4) is 0 Å². The largest absolute Gasteiger partial charge is 0.367 e. The Morgan fingerprint density at radius 1 is 0.897 bits per heavy atom. The number of aryl methyl sites for hydroxylation is 1. The molecule has 156 valence electrons. The second-order valence-corrected chi connectivity index (χ2v) is 12.3. The Labute approximate surface area is 173 Å². The number of benzene rings is 2. The van der Waals surface area contributed by atoms with Gasteiger partial charge in [-0.1, -0.05) is 24.3 Å². The number of fused-ring (bicyclic) bond motifs is 1. The predicted molar refractivity (Wildman–Crippen MR) is 115 cm³/mol. The topological polar surface area (TPSA) is 71.5 Å². The van der Waals surface area contributed by atoms with E-state index in [0.29, 0.717) is 11.6 Å². The minimum absolute atomic E-state index is 0.0421. The Morgan fingerprint density at radius 2 is 1.66 bits per heavy atom. The first-order valence-corrected chi connectivity index (χ1v) is 13.8. The lowest BCUT2D eigenvalue weighted by atomic mass is 9.78. The third kappa shape index (κ3) is 3.94. The summed E-state index contributed by atoms with van der Waals surface area (Å²) in [5.74, 6) is 0.365. The number of hydrogen-bond acceptors (Lipinski definition) is 5. The van der Waals surface area contributed by atoms with Gasteiger partial charge < -0.3 is 4.90 Å². The average Bonchev–Trinajstić information content (AvgIpc) is 3.15. The fourth-order valence-electron chi connectivity index (χ4n) is 4.96. The van der Waals surface area contributed by atoms with E-state index in [9.17, 15) is 16.8 Å². The molecule has 2 aromatic carbocycles. The Kier molecular flexibility index (Phi) is 5.23. The van der Waals surface area contributed by atoms with E-state index in [1.807, 2.05) is 0 Å². The summed E-state index contributed by atoms with van der Waals surface area (Å²) in [7, 11) is -7.06. The number of hydrogen-bond donors (Lipinski definition) is 0. The molecule has 2 atom stereocenters. The fraction of sp³-hybridized carbons (Fsp3) is 0.455. The van der Waals surface area contributed by atoms with Crippen molar-refractivity contribution in [1.82, 2.24) is 0 Å². The zero-order chi connectivity index (χ0) is 20.8. The van der Waals surface area contributed by atoms with Crippen LogP contribution in [0.15, 0.2) is 52.3 Å². The minimum atomic E-state index is -3.57.